The van der Waals surface area contributed by atoms with E-state index in [9.17, 15) is 8.42 Å². The maximum absolute atomic E-state index is 12.2. The lowest BCUT2D eigenvalue weighted by Gasteiger charge is -2.10. The van der Waals surface area contributed by atoms with Gasteiger partial charge in [-0.2, -0.15) is 0 Å². The SMILES string of the molecule is COc1cc(N)cc(NS(=O)(=O)c2ccc(N)cc2)c1. The fourth-order valence-electron chi connectivity index (χ4n) is 1.66. The summed E-state index contributed by atoms with van der Waals surface area (Å²) in [5, 5.41) is 0. The fraction of sp³-hybridized carbons (Fsp3) is 0.0769. The van der Waals surface area contributed by atoms with Crippen LogP contribution in [0.5, 0.6) is 5.75 Å². The molecule has 0 aliphatic carbocycles. The Bertz CT molecular complexity index is 712. The quantitative estimate of drug-likeness (QED) is 0.743. The molecule has 0 radical (unpaired) electrons. The van der Waals surface area contributed by atoms with E-state index in [4.69, 9.17) is 16.2 Å². The molecule has 0 unspecified atom stereocenters. The van der Waals surface area contributed by atoms with E-state index in [-0.39, 0.29) is 4.90 Å². The third kappa shape index (κ3) is 3.12. The van der Waals surface area contributed by atoms with Crippen LogP contribution in [-0.4, -0.2) is 15.5 Å². The van der Waals surface area contributed by atoms with E-state index in [1.807, 2.05) is 0 Å². The Morgan fingerprint density at radius 3 is 2.25 bits per heavy atom. The fourth-order valence-corrected chi connectivity index (χ4v) is 2.70. The maximum Gasteiger partial charge on any atom is 0.261 e. The third-order valence-electron chi connectivity index (χ3n) is 2.61. The largest absolute Gasteiger partial charge is 0.497 e. The van der Waals surface area contributed by atoms with Gasteiger partial charge in [0, 0.05) is 23.5 Å². The van der Waals surface area contributed by atoms with E-state index in [1.165, 1.54) is 37.4 Å². The molecule has 2 aromatic rings. The van der Waals surface area contributed by atoms with Crippen LogP contribution in [0.2, 0.25) is 0 Å². The summed E-state index contributed by atoms with van der Waals surface area (Å²) in [7, 11) is -2.21. The molecule has 106 valence electrons. The molecule has 0 bridgehead atoms. The second-order valence-corrected chi connectivity index (χ2v) is 5.85. The normalized spacial score (nSPS) is 11.1. The topological polar surface area (TPSA) is 107 Å². The molecule has 0 spiro atoms. The van der Waals surface area contributed by atoms with Crippen LogP contribution in [-0.2, 0) is 10.0 Å². The van der Waals surface area contributed by atoms with Crippen LogP contribution in [0.3, 0.4) is 0 Å². The van der Waals surface area contributed by atoms with E-state index >= 15 is 0 Å². The smallest absolute Gasteiger partial charge is 0.261 e. The number of methoxy groups -OCH3 is 1. The molecule has 20 heavy (non-hydrogen) atoms. The van der Waals surface area contributed by atoms with Crippen LogP contribution >= 0.6 is 0 Å². The van der Waals surface area contributed by atoms with Crippen LogP contribution in [0.1, 0.15) is 0 Å². The van der Waals surface area contributed by atoms with Crippen molar-refractivity contribution >= 4 is 27.1 Å². The van der Waals surface area contributed by atoms with Crippen LogP contribution in [0.15, 0.2) is 47.4 Å². The zero-order valence-electron chi connectivity index (χ0n) is 10.8. The highest BCUT2D eigenvalue weighted by molar-refractivity contribution is 7.92. The highest BCUT2D eigenvalue weighted by Gasteiger charge is 2.14. The van der Waals surface area contributed by atoms with E-state index in [0.717, 1.165) is 0 Å². The Morgan fingerprint density at radius 2 is 1.65 bits per heavy atom. The van der Waals surface area contributed by atoms with Crippen molar-refractivity contribution in [3.8, 4) is 5.75 Å². The van der Waals surface area contributed by atoms with Crippen molar-refractivity contribution in [2.24, 2.45) is 0 Å². The predicted octanol–water partition coefficient (Wildman–Crippen LogP) is 1.66. The van der Waals surface area contributed by atoms with Crippen molar-refractivity contribution < 1.29 is 13.2 Å². The predicted molar refractivity (Wildman–Crippen MR) is 79.1 cm³/mol. The van der Waals surface area contributed by atoms with Crippen molar-refractivity contribution in [2.75, 3.05) is 23.3 Å². The van der Waals surface area contributed by atoms with Gasteiger partial charge in [-0.3, -0.25) is 4.72 Å². The summed E-state index contributed by atoms with van der Waals surface area (Å²) in [6.45, 7) is 0. The summed E-state index contributed by atoms with van der Waals surface area (Å²) in [5.41, 5.74) is 12.4. The van der Waals surface area contributed by atoms with Crippen molar-refractivity contribution in [1.82, 2.24) is 0 Å². The number of nitrogen functional groups attached to an aromatic ring is 2. The summed E-state index contributed by atoms with van der Waals surface area (Å²) >= 11 is 0. The molecule has 0 saturated carbocycles. The molecule has 0 aliphatic heterocycles. The van der Waals surface area contributed by atoms with Gasteiger partial charge in [-0.25, -0.2) is 8.42 Å². The van der Waals surface area contributed by atoms with Gasteiger partial charge in [-0.1, -0.05) is 0 Å². The standard InChI is InChI=1S/C13H15N3O3S/c1-19-12-7-10(15)6-11(8-12)16-20(17,18)13-4-2-9(14)3-5-13/h2-8,16H,14-15H2,1H3. The number of ether oxygens (including phenoxy) is 1. The highest BCUT2D eigenvalue weighted by atomic mass is 32.2. The number of anilines is 3. The number of hydrogen-bond acceptors (Lipinski definition) is 5. The van der Waals surface area contributed by atoms with Crippen LogP contribution in [0, 0.1) is 0 Å². The average Bonchev–Trinajstić information content (AvgIpc) is 2.37. The summed E-state index contributed by atoms with van der Waals surface area (Å²) in [6, 6.07) is 10.6. The molecule has 0 aromatic heterocycles. The van der Waals surface area contributed by atoms with E-state index in [1.54, 1.807) is 12.1 Å². The molecule has 0 fully saturated rings. The number of nitrogens with one attached hydrogen (secondary N) is 1. The van der Waals surface area contributed by atoms with Gasteiger partial charge in [0.05, 0.1) is 17.7 Å². The Balaban J connectivity index is 2.33. The summed E-state index contributed by atoms with van der Waals surface area (Å²) in [5.74, 6) is 0.472. The third-order valence-corrected chi connectivity index (χ3v) is 4.00. The number of hydrogen-bond donors (Lipinski definition) is 3. The highest BCUT2D eigenvalue weighted by Crippen LogP contribution is 2.24. The number of rotatable bonds is 4. The first-order valence-corrected chi connectivity index (χ1v) is 7.22. The van der Waals surface area contributed by atoms with E-state index in [0.29, 0.717) is 22.8 Å². The van der Waals surface area contributed by atoms with Gasteiger partial charge in [0.25, 0.3) is 10.0 Å². The second-order valence-electron chi connectivity index (χ2n) is 4.17. The first kappa shape index (κ1) is 14.0. The zero-order chi connectivity index (χ0) is 14.8. The van der Waals surface area contributed by atoms with Crippen molar-refractivity contribution in [3.05, 3.63) is 42.5 Å². The van der Waals surface area contributed by atoms with Crippen LogP contribution in [0.25, 0.3) is 0 Å². The minimum atomic E-state index is -3.69. The molecule has 0 aliphatic rings. The van der Waals surface area contributed by atoms with Crippen LogP contribution < -0.4 is 20.9 Å². The minimum absolute atomic E-state index is 0.119. The Labute approximate surface area is 117 Å². The monoisotopic (exact) mass is 293 g/mol. The molecule has 0 saturated heterocycles. The van der Waals surface area contributed by atoms with E-state index < -0.39 is 10.0 Å². The minimum Gasteiger partial charge on any atom is -0.497 e. The average molecular weight is 293 g/mol. The van der Waals surface area contributed by atoms with Gasteiger partial charge in [0.15, 0.2) is 0 Å². The first-order chi connectivity index (χ1) is 9.40. The van der Waals surface area contributed by atoms with Crippen molar-refractivity contribution in [1.29, 1.82) is 0 Å². The van der Waals surface area contributed by atoms with Gasteiger partial charge >= 0.3 is 0 Å². The molecule has 0 atom stereocenters. The molecular weight excluding hydrogens is 278 g/mol. The molecule has 2 rings (SSSR count). The van der Waals surface area contributed by atoms with Gasteiger partial charge in [-0.05, 0) is 30.3 Å². The molecule has 0 amide bonds. The Morgan fingerprint density at radius 1 is 1.00 bits per heavy atom. The molecule has 5 N–H and O–H groups in total. The van der Waals surface area contributed by atoms with E-state index in [2.05, 4.69) is 4.72 Å². The van der Waals surface area contributed by atoms with Crippen molar-refractivity contribution in [3.63, 3.8) is 0 Å². The lowest BCUT2D eigenvalue weighted by atomic mass is 10.3. The summed E-state index contributed by atoms with van der Waals surface area (Å²) in [6.07, 6.45) is 0. The number of benzene rings is 2. The Hall–Kier alpha value is -2.41. The zero-order valence-corrected chi connectivity index (χ0v) is 11.6. The van der Waals surface area contributed by atoms with Crippen molar-refractivity contribution in [2.45, 2.75) is 4.90 Å². The first-order valence-electron chi connectivity index (χ1n) is 5.73. The van der Waals surface area contributed by atoms with Gasteiger partial charge in [-0.15, -0.1) is 0 Å². The lowest BCUT2D eigenvalue weighted by Crippen LogP contribution is -2.13. The number of nitrogens with two attached hydrogens (primary N) is 2. The molecule has 7 heteroatoms. The lowest BCUT2D eigenvalue weighted by molar-refractivity contribution is 0.415. The van der Waals surface area contributed by atoms with Gasteiger partial charge in [0.2, 0.25) is 0 Å². The summed E-state index contributed by atoms with van der Waals surface area (Å²) in [4.78, 5) is 0.119. The van der Waals surface area contributed by atoms with Crippen LogP contribution in [0.4, 0.5) is 17.1 Å². The second kappa shape index (κ2) is 5.30. The molecular formula is C13H15N3O3S. The number of sulfonamides is 1. The van der Waals surface area contributed by atoms with Gasteiger partial charge < -0.3 is 16.2 Å². The summed E-state index contributed by atoms with van der Waals surface area (Å²) < 4.78 is 31.9. The molecule has 6 nitrogen and oxygen atoms in total. The molecule has 0 heterocycles. The Kier molecular flexibility index (Phi) is 3.71. The maximum atomic E-state index is 12.2. The molecule has 2 aromatic carbocycles. The van der Waals surface area contributed by atoms with Gasteiger partial charge in [0.1, 0.15) is 5.75 Å².